The second kappa shape index (κ2) is 8.31. The van der Waals surface area contributed by atoms with Crippen LogP contribution in [0.25, 0.3) is 10.1 Å². The van der Waals surface area contributed by atoms with Gasteiger partial charge in [-0.1, -0.05) is 18.2 Å². The van der Waals surface area contributed by atoms with E-state index in [2.05, 4.69) is 5.32 Å². The minimum Gasteiger partial charge on any atom is -0.380 e. The quantitative estimate of drug-likeness (QED) is 0.659. The lowest BCUT2D eigenvalue weighted by Gasteiger charge is -2.16. The second-order valence-electron chi connectivity index (χ2n) is 6.95. The molecule has 1 fully saturated rings. The van der Waals surface area contributed by atoms with E-state index in [-0.39, 0.29) is 24.2 Å². The standard InChI is InChI=1S/C22H21FN2O3S/c1-28-13-16-20-17(23)4-2-5-18(20)29-21(16)22(27)24-12-14-7-9-15(10-8-14)25-11-3-6-19(25)26/h2,4-5,7-10H,3,6,11-13H2,1H3,(H,24,27). The highest BCUT2D eigenvalue weighted by Gasteiger charge is 2.22. The zero-order valence-corrected chi connectivity index (χ0v) is 16.9. The van der Waals surface area contributed by atoms with Crippen LogP contribution in [0.5, 0.6) is 0 Å². The SMILES string of the molecule is COCc1c(C(=O)NCc2ccc(N3CCCC3=O)cc2)sc2cccc(F)c12. The van der Waals surface area contributed by atoms with Crippen molar-refractivity contribution in [3.63, 3.8) is 0 Å². The zero-order valence-electron chi connectivity index (χ0n) is 16.0. The molecule has 0 bridgehead atoms. The number of benzene rings is 2. The molecule has 2 amide bonds. The Labute approximate surface area is 172 Å². The Morgan fingerprint density at radius 3 is 2.72 bits per heavy atom. The number of carbonyl (C=O) groups excluding carboxylic acids is 2. The predicted octanol–water partition coefficient (Wildman–Crippen LogP) is 4.24. The highest BCUT2D eigenvalue weighted by molar-refractivity contribution is 7.21. The lowest BCUT2D eigenvalue weighted by molar-refractivity contribution is -0.117. The summed E-state index contributed by atoms with van der Waals surface area (Å²) in [6.07, 6.45) is 1.48. The number of rotatable bonds is 6. The normalized spacial score (nSPS) is 14.0. The lowest BCUT2D eigenvalue weighted by atomic mass is 10.1. The molecule has 5 nitrogen and oxygen atoms in total. The van der Waals surface area contributed by atoms with Crippen LogP contribution >= 0.6 is 11.3 Å². The van der Waals surface area contributed by atoms with Crippen molar-refractivity contribution >= 4 is 38.9 Å². The summed E-state index contributed by atoms with van der Waals surface area (Å²) in [5.74, 6) is -0.456. The smallest absolute Gasteiger partial charge is 0.262 e. The summed E-state index contributed by atoms with van der Waals surface area (Å²) in [6.45, 7) is 1.26. The number of nitrogens with zero attached hydrogens (tertiary/aromatic N) is 1. The molecule has 1 aliphatic rings. The van der Waals surface area contributed by atoms with Crippen LogP contribution in [0.3, 0.4) is 0 Å². The summed E-state index contributed by atoms with van der Waals surface area (Å²) >= 11 is 1.26. The third-order valence-electron chi connectivity index (χ3n) is 5.03. The number of nitrogens with one attached hydrogen (secondary N) is 1. The first kappa shape index (κ1) is 19.5. The fourth-order valence-electron chi connectivity index (χ4n) is 3.61. The van der Waals surface area contributed by atoms with Crippen molar-refractivity contribution in [3.05, 3.63) is 64.3 Å². The van der Waals surface area contributed by atoms with E-state index in [0.717, 1.165) is 28.9 Å². The van der Waals surface area contributed by atoms with Crippen molar-refractivity contribution in [1.29, 1.82) is 0 Å². The Bertz CT molecular complexity index is 1060. The van der Waals surface area contributed by atoms with Gasteiger partial charge < -0.3 is 15.0 Å². The van der Waals surface area contributed by atoms with Crippen LogP contribution in [0.2, 0.25) is 0 Å². The summed E-state index contributed by atoms with van der Waals surface area (Å²) in [7, 11) is 1.53. The number of hydrogen-bond donors (Lipinski definition) is 1. The molecule has 0 saturated carbocycles. The topological polar surface area (TPSA) is 58.6 Å². The van der Waals surface area contributed by atoms with Gasteiger partial charge >= 0.3 is 0 Å². The molecule has 2 aromatic carbocycles. The zero-order chi connectivity index (χ0) is 20.4. The maximum absolute atomic E-state index is 14.3. The van der Waals surface area contributed by atoms with Gasteiger partial charge in [0.15, 0.2) is 0 Å². The fraction of sp³-hybridized carbons (Fsp3) is 0.273. The molecule has 0 unspecified atom stereocenters. The van der Waals surface area contributed by atoms with Gasteiger partial charge in [0.2, 0.25) is 5.91 Å². The molecule has 0 spiro atoms. The van der Waals surface area contributed by atoms with Gasteiger partial charge in [-0.25, -0.2) is 4.39 Å². The molecular weight excluding hydrogens is 391 g/mol. The highest BCUT2D eigenvalue weighted by Crippen LogP contribution is 2.33. The number of methoxy groups -OCH3 is 1. The van der Waals surface area contributed by atoms with E-state index in [1.165, 1.54) is 24.5 Å². The predicted molar refractivity (Wildman–Crippen MR) is 112 cm³/mol. The Kier molecular flexibility index (Phi) is 5.60. The molecule has 150 valence electrons. The number of carbonyl (C=O) groups is 2. The average molecular weight is 412 g/mol. The number of anilines is 1. The minimum atomic E-state index is -0.350. The van der Waals surface area contributed by atoms with Crippen molar-refractivity contribution in [2.45, 2.75) is 26.0 Å². The van der Waals surface area contributed by atoms with Crippen molar-refractivity contribution < 1.29 is 18.7 Å². The van der Waals surface area contributed by atoms with Crippen molar-refractivity contribution in [3.8, 4) is 0 Å². The number of ether oxygens (including phenoxy) is 1. The Hall–Kier alpha value is -2.77. The van der Waals surface area contributed by atoms with E-state index in [1.807, 2.05) is 24.3 Å². The molecule has 0 atom stereocenters. The Morgan fingerprint density at radius 1 is 1.24 bits per heavy atom. The van der Waals surface area contributed by atoms with Crippen molar-refractivity contribution in [1.82, 2.24) is 5.32 Å². The molecule has 3 aromatic rings. The van der Waals surface area contributed by atoms with E-state index in [0.29, 0.717) is 28.8 Å². The van der Waals surface area contributed by atoms with Crippen molar-refractivity contribution in [2.24, 2.45) is 0 Å². The first-order chi connectivity index (χ1) is 14.1. The summed E-state index contributed by atoms with van der Waals surface area (Å²) in [5.41, 5.74) is 2.38. The highest BCUT2D eigenvalue weighted by atomic mass is 32.1. The number of fused-ring (bicyclic) bond motifs is 1. The summed E-state index contributed by atoms with van der Waals surface area (Å²) in [5, 5.41) is 3.35. The number of hydrogen-bond acceptors (Lipinski definition) is 4. The summed E-state index contributed by atoms with van der Waals surface area (Å²) < 4.78 is 20.2. The molecule has 29 heavy (non-hydrogen) atoms. The molecule has 1 aliphatic heterocycles. The van der Waals surface area contributed by atoms with E-state index < -0.39 is 0 Å². The van der Waals surface area contributed by atoms with Crippen molar-refractivity contribution in [2.75, 3.05) is 18.6 Å². The second-order valence-corrected chi connectivity index (χ2v) is 8.01. The van der Waals surface area contributed by atoms with Gasteiger partial charge in [-0.2, -0.15) is 0 Å². The van der Waals surface area contributed by atoms with Gasteiger partial charge in [-0.15, -0.1) is 11.3 Å². The van der Waals surface area contributed by atoms with Crippen LogP contribution in [-0.4, -0.2) is 25.5 Å². The van der Waals surface area contributed by atoms with Gasteiger partial charge in [-0.3, -0.25) is 9.59 Å². The number of amides is 2. The minimum absolute atomic E-state index is 0.147. The third-order valence-corrected chi connectivity index (χ3v) is 6.23. The summed E-state index contributed by atoms with van der Waals surface area (Å²) in [4.78, 5) is 26.9. The molecular formula is C22H21FN2O3S. The van der Waals surface area contributed by atoms with Crippen LogP contribution in [0.4, 0.5) is 10.1 Å². The van der Waals surface area contributed by atoms with E-state index in [1.54, 1.807) is 17.0 Å². The largest absolute Gasteiger partial charge is 0.380 e. The molecule has 4 rings (SSSR count). The first-order valence-corrected chi connectivity index (χ1v) is 10.3. The van der Waals surface area contributed by atoms with Gasteiger partial charge in [0.05, 0.1) is 11.5 Å². The van der Waals surface area contributed by atoms with Crippen LogP contribution in [0, 0.1) is 5.82 Å². The monoisotopic (exact) mass is 412 g/mol. The van der Waals surface area contributed by atoms with E-state index >= 15 is 0 Å². The van der Waals surface area contributed by atoms with E-state index in [9.17, 15) is 14.0 Å². The molecule has 1 saturated heterocycles. The first-order valence-electron chi connectivity index (χ1n) is 9.45. The van der Waals surface area contributed by atoms with Gasteiger partial charge in [0.25, 0.3) is 5.91 Å². The van der Waals surface area contributed by atoms with Crippen LogP contribution in [0.15, 0.2) is 42.5 Å². The van der Waals surface area contributed by atoms with Crippen LogP contribution in [-0.2, 0) is 22.7 Å². The number of thiophene rings is 1. The lowest BCUT2D eigenvalue weighted by Crippen LogP contribution is -2.24. The number of halogens is 1. The molecule has 1 N–H and O–H groups in total. The molecule has 2 heterocycles. The van der Waals surface area contributed by atoms with Gasteiger partial charge in [0, 0.05) is 48.0 Å². The average Bonchev–Trinajstić information content (AvgIpc) is 3.31. The molecule has 1 aromatic heterocycles. The Morgan fingerprint density at radius 2 is 2.03 bits per heavy atom. The Balaban J connectivity index is 1.49. The molecule has 7 heteroatoms. The molecule has 0 aliphatic carbocycles. The summed E-state index contributed by atoms with van der Waals surface area (Å²) in [6, 6.07) is 12.4. The van der Waals surface area contributed by atoms with Crippen LogP contribution in [0.1, 0.15) is 33.6 Å². The van der Waals surface area contributed by atoms with Gasteiger partial charge in [0.1, 0.15) is 5.82 Å². The van der Waals surface area contributed by atoms with Crippen LogP contribution < -0.4 is 10.2 Å². The maximum Gasteiger partial charge on any atom is 0.262 e. The molecule has 0 radical (unpaired) electrons. The maximum atomic E-state index is 14.3. The van der Waals surface area contributed by atoms with E-state index in [4.69, 9.17) is 4.74 Å². The van der Waals surface area contributed by atoms with Gasteiger partial charge in [-0.05, 0) is 36.2 Å². The third kappa shape index (κ3) is 3.88. The fourth-order valence-corrected chi connectivity index (χ4v) is 4.75.